The summed E-state index contributed by atoms with van der Waals surface area (Å²) in [6.45, 7) is 1.12. The van der Waals surface area contributed by atoms with Crippen molar-refractivity contribution in [1.82, 2.24) is 10.6 Å². The van der Waals surface area contributed by atoms with Crippen molar-refractivity contribution in [3.8, 4) is 0 Å². The van der Waals surface area contributed by atoms with E-state index in [9.17, 15) is 13.2 Å². The van der Waals surface area contributed by atoms with Gasteiger partial charge in [-0.3, -0.25) is 4.79 Å². The molecule has 0 aromatic rings. The van der Waals surface area contributed by atoms with Crippen LogP contribution in [0.1, 0.15) is 25.7 Å². The van der Waals surface area contributed by atoms with E-state index >= 15 is 0 Å². The number of hydrogen-bond acceptors (Lipinski definition) is 4. The minimum atomic E-state index is -2.97. The summed E-state index contributed by atoms with van der Waals surface area (Å²) in [7, 11) is -2.97. The molecule has 1 aliphatic heterocycles. The fraction of sp³-hybridized carbons (Fsp3) is 0.909. The molecule has 2 aliphatic rings. The highest BCUT2D eigenvalue weighted by molar-refractivity contribution is 7.91. The van der Waals surface area contributed by atoms with E-state index in [1.54, 1.807) is 0 Å². The van der Waals surface area contributed by atoms with E-state index in [1.165, 1.54) is 0 Å². The van der Waals surface area contributed by atoms with Gasteiger partial charge in [0.1, 0.15) is 0 Å². The van der Waals surface area contributed by atoms with Crippen LogP contribution in [0.15, 0.2) is 0 Å². The van der Waals surface area contributed by atoms with Crippen molar-refractivity contribution in [2.24, 2.45) is 5.92 Å². The van der Waals surface area contributed by atoms with Gasteiger partial charge in [-0.1, -0.05) is 0 Å². The van der Waals surface area contributed by atoms with Crippen LogP contribution in [0.5, 0.6) is 0 Å². The van der Waals surface area contributed by atoms with Crippen molar-refractivity contribution in [2.45, 2.75) is 31.7 Å². The second-order valence-electron chi connectivity index (χ2n) is 5.00. The van der Waals surface area contributed by atoms with Crippen molar-refractivity contribution in [1.29, 1.82) is 0 Å². The molecule has 18 heavy (non-hydrogen) atoms. The first kappa shape index (κ1) is 15.7. The Morgan fingerprint density at radius 2 is 2.00 bits per heavy atom. The molecule has 5 nitrogen and oxygen atoms in total. The van der Waals surface area contributed by atoms with Gasteiger partial charge in [-0.05, 0) is 38.1 Å². The first-order valence-corrected chi connectivity index (χ1v) is 8.10. The Labute approximate surface area is 114 Å². The molecule has 0 radical (unpaired) electrons. The number of carbonyl (C=O) groups excluding carboxylic acids is 1. The highest BCUT2D eigenvalue weighted by Crippen LogP contribution is 2.30. The lowest BCUT2D eigenvalue weighted by atomic mass is 10.2. The van der Waals surface area contributed by atoms with Crippen LogP contribution >= 0.6 is 12.4 Å². The molecule has 2 N–H and O–H groups in total. The summed E-state index contributed by atoms with van der Waals surface area (Å²) >= 11 is 0. The fourth-order valence-corrected chi connectivity index (χ4v) is 3.72. The molecule has 2 fully saturated rings. The lowest BCUT2D eigenvalue weighted by Crippen LogP contribution is -2.42. The Morgan fingerprint density at radius 3 is 2.56 bits per heavy atom. The van der Waals surface area contributed by atoms with Crippen LogP contribution in [0.25, 0.3) is 0 Å². The van der Waals surface area contributed by atoms with E-state index in [0.29, 0.717) is 11.7 Å². The average Bonchev–Trinajstić information content (AvgIpc) is 2.89. The molecular formula is C11H21ClN2O3S. The molecule has 7 heteroatoms. The van der Waals surface area contributed by atoms with Crippen molar-refractivity contribution in [3.63, 3.8) is 0 Å². The maximum Gasteiger partial charge on any atom is 0.237 e. The highest BCUT2D eigenvalue weighted by Gasteiger charge is 2.28. The molecule has 1 amide bonds. The number of rotatable bonds is 6. The topological polar surface area (TPSA) is 75.3 Å². The minimum Gasteiger partial charge on any atom is -0.354 e. The molecule has 0 aromatic carbocycles. The zero-order chi connectivity index (χ0) is 12.3. The summed E-state index contributed by atoms with van der Waals surface area (Å²) in [5.74, 6) is 0.684. The van der Waals surface area contributed by atoms with Gasteiger partial charge in [0, 0.05) is 6.54 Å². The van der Waals surface area contributed by atoms with Crippen LogP contribution in [0, 0.1) is 5.92 Å². The van der Waals surface area contributed by atoms with E-state index in [1.807, 2.05) is 0 Å². The smallest absolute Gasteiger partial charge is 0.237 e. The van der Waals surface area contributed by atoms with Gasteiger partial charge in [0.2, 0.25) is 5.91 Å². The van der Waals surface area contributed by atoms with Gasteiger partial charge >= 0.3 is 0 Å². The van der Waals surface area contributed by atoms with Gasteiger partial charge in [-0.25, -0.2) is 8.42 Å². The molecule has 2 rings (SSSR count). The van der Waals surface area contributed by atoms with Crippen LogP contribution in [0.2, 0.25) is 0 Å². The molecule has 1 saturated heterocycles. The second-order valence-corrected chi connectivity index (χ2v) is 7.23. The Kier molecular flexibility index (Phi) is 5.88. The third-order valence-electron chi connectivity index (χ3n) is 3.28. The molecule has 1 unspecified atom stereocenters. The molecular weight excluding hydrogens is 276 g/mol. The lowest BCUT2D eigenvalue weighted by molar-refractivity contribution is -0.122. The largest absolute Gasteiger partial charge is 0.354 e. The third kappa shape index (κ3) is 5.12. The number of carbonyl (C=O) groups is 1. The van der Waals surface area contributed by atoms with E-state index in [4.69, 9.17) is 0 Å². The van der Waals surface area contributed by atoms with Crippen molar-refractivity contribution < 1.29 is 13.2 Å². The van der Waals surface area contributed by atoms with Gasteiger partial charge in [-0.2, -0.15) is 0 Å². The Hall–Kier alpha value is -0.330. The maximum atomic E-state index is 11.6. The van der Waals surface area contributed by atoms with E-state index in [-0.39, 0.29) is 36.7 Å². The quantitative estimate of drug-likeness (QED) is 0.729. The van der Waals surface area contributed by atoms with E-state index in [2.05, 4.69) is 10.6 Å². The Bertz CT molecular complexity index is 376. The summed E-state index contributed by atoms with van der Waals surface area (Å²) < 4.78 is 23.2. The van der Waals surface area contributed by atoms with E-state index in [0.717, 1.165) is 32.2 Å². The zero-order valence-corrected chi connectivity index (χ0v) is 12.0. The van der Waals surface area contributed by atoms with Crippen LogP contribution in [0.4, 0.5) is 0 Å². The summed E-state index contributed by atoms with van der Waals surface area (Å²) in [5, 5.41) is 5.78. The molecule has 0 spiro atoms. The molecule has 1 saturated carbocycles. The summed E-state index contributed by atoms with van der Waals surface area (Å²) in [6.07, 6.45) is 3.94. The van der Waals surface area contributed by atoms with Crippen LogP contribution < -0.4 is 10.6 Å². The minimum absolute atomic E-state index is 0. The van der Waals surface area contributed by atoms with Gasteiger partial charge in [0.25, 0.3) is 0 Å². The van der Waals surface area contributed by atoms with Gasteiger partial charge in [0.05, 0.1) is 17.5 Å². The highest BCUT2D eigenvalue weighted by atomic mass is 35.5. The normalized spacial score (nSPS) is 23.4. The number of sulfone groups is 1. The predicted octanol–water partition coefficient (Wildman–Crippen LogP) is 0.101. The summed E-state index contributed by atoms with van der Waals surface area (Å²) in [4.78, 5) is 11.6. The van der Waals surface area contributed by atoms with Gasteiger partial charge in [-0.15, -0.1) is 12.4 Å². The third-order valence-corrected chi connectivity index (χ3v) is 5.08. The molecule has 1 heterocycles. The average molecular weight is 297 g/mol. The molecule has 0 aromatic heterocycles. The second kappa shape index (κ2) is 6.73. The van der Waals surface area contributed by atoms with E-state index < -0.39 is 9.84 Å². The lowest BCUT2D eigenvalue weighted by Gasteiger charge is -2.11. The Morgan fingerprint density at radius 1 is 1.28 bits per heavy atom. The van der Waals surface area contributed by atoms with Gasteiger partial charge in [0.15, 0.2) is 9.84 Å². The first-order chi connectivity index (χ1) is 8.07. The Balaban J connectivity index is 0.00000162. The van der Waals surface area contributed by atoms with Crippen LogP contribution in [0.3, 0.4) is 0 Å². The standard InChI is InChI=1S/C11H20N2O3S.ClH/c14-11(10-2-1-5-12-10)13-6-7-17(15,16)8-9-3-4-9;/h9-10,12H,1-8H2,(H,13,14);1H. The number of halogens is 1. The molecule has 0 bridgehead atoms. The monoisotopic (exact) mass is 296 g/mol. The zero-order valence-electron chi connectivity index (χ0n) is 10.4. The van der Waals surface area contributed by atoms with Crippen LogP contribution in [-0.4, -0.2) is 45.0 Å². The maximum absolute atomic E-state index is 11.6. The molecule has 106 valence electrons. The summed E-state index contributed by atoms with van der Waals surface area (Å²) in [5.41, 5.74) is 0. The van der Waals surface area contributed by atoms with Crippen molar-refractivity contribution in [2.75, 3.05) is 24.6 Å². The first-order valence-electron chi connectivity index (χ1n) is 6.28. The molecule has 1 aliphatic carbocycles. The summed E-state index contributed by atoms with van der Waals surface area (Å²) in [6, 6.07) is -0.124. The number of hydrogen-bond donors (Lipinski definition) is 2. The van der Waals surface area contributed by atoms with Gasteiger partial charge < -0.3 is 10.6 Å². The predicted molar refractivity (Wildman–Crippen MR) is 72.7 cm³/mol. The number of amides is 1. The SMILES string of the molecule is Cl.O=C(NCCS(=O)(=O)CC1CC1)C1CCCN1. The molecule has 1 atom stereocenters. The number of nitrogens with one attached hydrogen (secondary N) is 2. The van der Waals surface area contributed by atoms with Crippen molar-refractivity contribution >= 4 is 28.2 Å². The fourth-order valence-electron chi connectivity index (χ4n) is 2.09. The van der Waals surface area contributed by atoms with Crippen LogP contribution in [-0.2, 0) is 14.6 Å². The van der Waals surface area contributed by atoms with Crippen molar-refractivity contribution in [3.05, 3.63) is 0 Å².